The van der Waals surface area contributed by atoms with Crippen LogP contribution in [0.5, 0.6) is 0 Å². The Kier molecular flexibility index (Phi) is 6.05. The first-order valence-corrected chi connectivity index (χ1v) is 8.61. The van der Waals surface area contributed by atoms with Crippen molar-refractivity contribution in [2.24, 2.45) is 0 Å². The van der Waals surface area contributed by atoms with E-state index in [0.29, 0.717) is 12.1 Å². The Morgan fingerprint density at radius 3 is 1.43 bits per heavy atom. The highest BCUT2D eigenvalue weighted by atomic mass is 79.9. The van der Waals surface area contributed by atoms with Gasteiger partial charge in [0.05, 0.1) is 0 Å². The molecule has 0 aliphatic rings. The zero-order valence-corrected chi connectivity index (χ0v) is 16.4. The zero-order valence-electron chi connectivity index (χ0n) is 14.8. The molecule has 21 heavy (non-hydrogen) atoms. The van der Waals surface area contributed by atoms with Gasteiger partial charge in [0, 0.05) is 27.6 Å². The first-order chi connectivity index (χ1) is 9.47. The van der Waals surface area contributed by atoms with Crippen molar-refractivity contribution < 1.29 is 0 Å². The Labute approximate surface area is 139 Å². The molecule has 0 saturated heterocycles. The molecule has 0 aliphatic heterocycles. The SMILES string of the molecule is CC(C)NC(C)(C)c1cccc(C(C)(C)NC(C)C)c1Br. The van der Waals surface area contributed by atoms with Crippen molar-refractivity contribution >= 4 is 15.9 Å². The second-order valence-electron chi connectivity index (χ2n) is 7.52. The molecule has 1 rings (SSSR count). The van der Waals surface area contributed by atoms with Gasteiger partial charge in [0.25, 0.3) is 0 Å². The van der Waals surface area contributed by atoms with E-state index in [4.69, 9.17) is 0 Å². The monoisotopic (exact) mass is 354 g/mol. The van der Waals surface area contributed by atoms with E-state index in [1.165, 1.54) is 15.6 Å². The molecule has 2 N–H and O–H groups in total. The highest BCUT2D eigenvalue weighted by Crippen LogP contribution is 2.36. The Balaban J connectivity index is 3.26. The van der Waals surface area contributed by atoms with Gasteiger partial charge in [0.2, 0.25) is 0 Å². The third-order valence-electron chi connectivity index (χ3n) is 3.64. The van der Waals surface area contributed by atoms with Gasteiger partial charge in [-0.2, -0.15) is 0 Å². The number of hydrogen-bond donors (Lipinski definition) is 2. The summed E-state index contributed by atoms with van der Waals surface area (Å²) in [5.41, 5.74) is 2.45. The smallest absolute Gasteiger partial charge is 0.0390 e. The van der Waals surface area contributed by atoms with Crippen molar-refractivity contribution in [1.29, 1.82) is 0 Å². The molecule has 2 nitrogen and oxygen atoms in total. The van der Waals surface area contributed by atoms with Crippen LogP contribution in [0.2, 0.25) is 0 Å². The van der Waals surface area contributed by atoms with E-state index in [2.05, 4.69) is 100 Å². The van der Waals surface area contributed by atoms with Crippen molar-refractivity contribution in [3.05, 3.63) is 33.8 Å². The zero-order chi connectivity index (χ0) is 16.4. The van der Waals surface area contributed by atoms with Crippen molar-refractivity contribution in [2.75, 3.05) is 0 Å². The summed E-state index contributed by atoms with van der Waals surface area (Å²) in [4.78, 5) is 0. The van der Waals surface area contributed by atoms with Crippen LogP contribution in [0.1, 0.15) is 66.5 Å². The van der Waals surface area contributed by atoms with Gasteiger partial charge in [-0.3, -0.25) is 0 Å². The minimum absolute atomic E-state index is 0.0725. The van der Waals surface area contributed by atoms with Crippen LogP contribution in [0.15, 0.2) is 22.7 Å². The number of benzene rings is 1. The summed E-state index contributed by atoms with van der Waals surface area (Å²) in [6, 6.07) is 7.45. The summed E-state index contributed by atoms with van der Waals surface area (Å²) < 4.78 is 1.20. The van der Waals surface area contributed by atoms with E-state index in [9.17, 15) is 0 Å². The molecular weight excluding hydrogens is 324 g/mol. The minimum atomic E-state index is -0.0725. The normalized spacial score (nSPS) is 13.3. The van der Waals surface area contributed by atoms with Crippen molar-refractivity contribution in [3.63, 3.8) is 0 Å². The van der Waals surface area contributed by atoms with Gasteiger partial charge in [-0.15, -0.1) is 0 Å². The Morgan fingerprint density at radius 1 is 0.810 bits per heavy atom. The summed E-state index contributed by atoms with van der Waals surface area (Å²) in [6.45, 7) is 17.7. The molecule has 0 spiro atoms. The first-order valence-electron chi connectivity index (χ1n) is 7.82. The van der Waals surface area contributed by atoms with Gasteiger partial charge in [-0.25, -0.2) is 0 Å². The summed E-state index contributed by atoms with van der Waals surface area (Å²) in [5.74, 6) is 0. The van der Waals surface area contributed by atoms with E-state index < -0.39 is 0 Å². The predicted molar refractivity (Wildman–Crippen MR) is 96.7 cm³/mol. The van der Waals surface area contributed by atoms with Crippen LogP contribution in [-0.4, -0.2) is 12.1 Å². The molecule has 0 bridgehead atoms. The van der Waals surface area contributed by atoms with Crippen LogP contribution in [0.25, 0.3) is 0 Å². The van der Waals surface area contributed by atoms with Crippen molar-refractivity contribution in [1.82, 2.24) is 10.6 Å². The molecule has 0 heterocycles. The van der Waals surface area contributed by atoms with Gasteiger partial charge >= 0.3 is 0 Å². The van der Waals surface area contributed by atoms with Gasteiger partial charge in [0.15, 0.2) is 0 Å². The van der Waals surface area contributed by atoms with Gasteiger partial charge in [-0.05, 0) is 38.8 Å². The number of halogens is 1. The molecular formula is C18H31BrN2. The number of rotatable bonds is 6. The van der Waals surface area contributed by atoms with Gasteiger partial charge in [-0.1, -0.05) is 61.8 Å². The Morgan fingerprint density at radius 2 is 1.14 bits per heavy atom. The average Bonchev–Trinajstić information content (AvgIpc) is 2.24. The molecule has 0 amide bonds. The fourth-order valence-corrected chi connectivity index (χ4v) is 4.35. The Hall–Kier alpha value is -0.380. The van der Waals surface area contributed by atoms with Crippen LogP contribution >= 0.6 is 15.9 Å². The summed E-state index contributed by atoms with van der Waals surface area (Å²) in [5, 5.41) is 7.29. The first kappa shape index (κ1) is 18.7. The molecule has 0 aromatic heterocycles. The standard InChI is InChI=1S/C18H31BrN2/c1-12(2)20-17(5,6)14-10-9-11-15(16(14)19)18(7,8)21-13(3)4/h9-13,20-21H,1-8H3. The van der Waals surface area contributed by atoms with Crippen molar-refractivity contribution in [3.8, 4) is 0 Å². The van der Waals surface area contributed by atoms with E-state index in [1.807, 2.05) is 0 Å². The quantitative estimate of drug-likeness (QED) is 0.757. The molecule has 120 valence electrons. The van der Waals surface area contributed by atoms with Gasteiger partial charge < -0.3 is 10.6 Å². The van der Waals surface area contributed by atoms with Crippen LogP contribution in [0.4, 0.5) is 0 Å². The largest absolute Gasteiger partial charge is 0.306 e. The maximum absolute atomic E-state index is 3.85. The number of nitrogens with one attached hydrogen (secondary N) is 2. The summed E-state index contributed by atoms with van der Waals surface area (Å²) in [6.07, 6.45) is 0. The lowest BCUT2D eigenvalue weighted by Crippen LogP contribution is -2.43. The number of hydrogen-bond acceptors (Lipinski definition) is 2. The van der Waals surface area contributed by atoms with E-state index in [1.54, 1.807) is 0 Å². The van der Waals surface area contributed by atoms with Crippen LogP contribution in [0, 0.1) is 0 Å². The second kappa shape index (κ2) is 6.80. The topological polar surface area (TPSA) is 24.1 Å². The molecule has 0 atom stereocenters. The van der Waals surface area contributed by atoms with Crippen LogP contribution in [0.3, 0.4) is 0 Å². The third-order valence-corrected chi connectivity index (χ3v) is 4.50. The predicted octanol–water partition coefficient (Wildman–Crippen LogP) is 4.92. The molecule has 0 radical (unpaired) electrons. The van der Waals surface area contributed by atoms with E-state index >= 15 is 0 Å². The average molecular weight is 355 g/mol. The molecule has 1 aromatic carbocycles. The molecule has 0 fully saturated rings. The maximum Gasteiger partial charge on any atom is 0.0390 e. The van der Waals surface area contributed by atoms with Crippen molar-refractivity contribution in [2.45, 2.75) is 78.6 Å². The summed E-state index contributed by atoms with van der Waals surface area (Å²) >= 11 is 3.85. The van der Waals surface area contributed by atoms with Gasteiger partial charge in [0.1, 0.15) is 0 Å². The lowest BCUT2D eigenvalue weighted by Gasteiger charge is -2.35. The Bertz CT molecular complexity index is 436. The lowest BCUT2D eigenvalue weighted by atomic mass is 9.86. The molecule has 0 unspecified atom stereocenters. The maximum atomic E-state index is 3.85. The fourth-order valence-electron chi connectivity index (χ4n) is 3.10. The fraction of sp³-hybridized carbons (Fsp3) is 0.667. The molecule has 0 aliphatic carbocycles. The van der Waals surface area contributed by atoms with E-state index in [-0.39, 0.29) is 11.1 Å². The highest BCUT2D eigenvalue weighted by molar-refractivity contribution is 9.10. The van der Waals surface area contributed by atoms with Crippen LogP contribution < -0.4 is 10.6 Å². The molecule has 3 heteroatoms. The summed E-state index contributed by atoms with van der Waals surface area (Å²) in [7, 11) is 0. The second-order valence-corrected chi connectivity index (χ2v) is 8.31. The molecule has 0 saturated carbocycles. The van der Waals surface area contributed by atoms with E-state index in [0.717, 1.165) is 0 Å². The third kappa shape index (κ3) is 4.80. The lowest BCUT2D eigenvalue weighted by molar-refractivity contribution is 0.352. The highest BCUT2D eigenvalue weighted by Gasteiger charge is 2.29. The minimum Gasteiger partial charge on any atom is -0.306 e. The molecule has 1 aromatic rings. The van der Waals surface area contributed by atoms with Crippen LogP contribution in [-0.2, 0) is 11.1 Å².